The van der Waals surface area contributed by atoms with Gasteiger partial charge in [0.05, 0.1) is 0 Å². The molecule has 4 heteroatoms. The lowest BCUT2D eigenvalue weighted by Gasteiger charge is -2.27. The van der Waals surface area contributed by atoms with Crippen molar-refractivity contribution in [2.45, 2.75) is 52.0 Å². The Balaban J connectivity index is 1.81. The molecule has 0 spiro atoms. The lowest BCUT2D eigenvalue weighted by atomic mass is 10.1. The first-order valence-corrected chi connectivity index (χ1v) is 8.27. The Morgan fingerprint density at radius 2 is 2.24 bits per heavy atom. The first kappa shape index (κ1) is 14.4. The zero-order chi connectivity index (χ0) is 14.8. The van der Waals surface area contributed by atoms with E-state index < -0.39 is 0 Å². The molecular weight excluding hydrogens is 262 g/mol. The van der Waals surface area contributed by atoms with Gasteiger partial charge in [0.15, 0.2) is 0 Å². The molecule has 3 rings (SSSR count). The second-order valence-corrected chi connectivity index (χ2v) is 6.30. The van der Waals surface area contributed by atoms with Crippen LogP contribution in [-0.4, -0.2) is 34.9 Å². The van der Waals surface area contributed by atoms with Crippen LogP contribution in [0.2, 0.25) is 0 Å². The molecule has 2 unspecified atom stereocenters. The Labute approximate surface area is 126 Å². The Hall–Kier alpha value is -1.58. The smallest absolute Gasteiger partial charge is 0.254 e. The van der Waals surface area contributed by atoms with Crippen LogP contribution in [0.4, 0.5) is 5.82 Å². The average molecular weight is 287 g/mol. The number of aromatic nitrogens is 1. The molecule has 1 aromatic heterocycles. The summed E-state index contributed by atoms with van der Waals surface area (Å²) in [6, 6.07) is 4.36. The molecule has 1 saturated heterocycles. The third-order valence-corrected chi connectivity index (χ3v) is 4.71. The number of hydrogen-bond acceptors (Lipinski definition) is 3. The standard InChI is InChI=1S/C17H25N3O/c1-3-7-18-16-10-13(9-14(4-2)19-16)17(21)20-11-12-5-6-15(20)8-12/h9-10,12,15H,3-8,11H2,1-2H3,(H,18,19). The van der Waals surface area contributed by atoms with Crippen LogP contribution >= 0.6 is 0 Å². The Bertz CT molecular complexity index is 529. The molecule has 2 aliphatic rings. The number of rotatable bonds is 5. The maximum Gasteiger partial charge on any atom is 0.254 e. The first-order chi connectivity index (χ1) is 10.2. The number of fused-ring (bicyclic) bond motifs is 2. The van der Waals surface area contributed by atoms with Gasteiger partial charge in [0.2, 0.25) is 0 Å². The van der Waals surface area contributed by atoms with Crippen LogP contribution in [0.5, 0.6) is 0 Å². The van der Waals surface area contributed by atoms with Crippen molar-refractivity contribution in [3.8, 4) is 0 Å². The number of hydrogen-bond donors (Lipinski definition) is 1. The fourth-order valence-electron chi connectivity index (χ4n) is 3.58. The van der Waals surface area contributed by atoms with Crippen molar-refractivity contribution in [3.05, 3.63) is 23.4 Å². The second-order valence-electron chi connectivity index (χ2n) is 6.30. The van der Waals surface area contributed by atoms with E-state index in [0.29, 0.717) is 6.04 Å². The summed E-state index contributed by atoms with van der Waals surface area (Å²) in [6.07, 6.45) is 5.60. The molecule has 4 nitrogen and oxygen atoms in total. The van der Waals surface area contributed by atoms with Crippen LogP contribution in [0.1, 0.15) is 55.6 Å². The minimum absolute atomic E-state index is 0.193. The number of piperidine rings is 1. The molecule has 1 aliphatic carbocycles. The number of aryl methyl sites for hydroxylation is 1. The molecule has 2 fully saturated rings. The van der Waals surface area contributed by atoms with Crippen molar-refractivity contribution in [2.75, 3.05) is 18.4 Å². The monoisotopic (exact) mass is 287 g/mol. The fourth-order valence-corrected chi connectivity index (χ4v) is 3.58. The van der Waals surface area contributed by atoms with Crippen LogP contribution in [0.15, 0.2) is 12.1 Å². The van der Waals surface area contributed by atoms with E-state index in [0.717, 1.165) is 48.9 Å². The van der Waals surface area contributed by atoms with Crippen molar-refractivity contribution in [1.82, 2.24) is 9.88 Å². The zero-order valence-electron chi connectivity index (χ0n) is 13.1. The summed E-state index contributed by atoms with van der Waals surface area (Å²) in [5.74, 6) is 1.77. The highest BCUT2D eigenvalue weighted by atomic mass is 16.2. The van der Waals surface area contributed by atoms with Gasteiger partial charge in [-0.05, 0) is 50.2 Å². The van der Waals surface area contributed by atoms with Crippen molar-refractivity contribution in [1.29, 1.82) is 0 Å². The molecular formula is C17H25N3O. The van der Waals surface area contributed by atoms with Gasteiger partial charge in [-0.3, -0.25) is 4.79 Å². The quantitative estimate of drug-likeness (QED) is 0.905. The first-order valence-electron chi connectivity index (χ1n) is 8.27. The van der Waals surface area contributed by atoms with E-state index in [2.05, 4.69) is 29.0 Å². The highest BCUT2D eigenvalue weighted by molar-refractivity contribution is 5.95. The lowest BCUT2D eigenvalue weighted by Crippen LogP contribution is -2.37. The number of amides is 1. The molecule has 2 bridgehead atoms. The van der Waals surface area contributed by atoms with E-state index in [1.165, 1.54) is 19.3 Å². The average Bonchev–Trinajstić information content (AvgIpc) is 3.14. The van der Waals surface area contributed by atoms with Gasteiger partial charge in [-0.15, -0.1) is 0 Å². The Morgan fingerprint density at radius 3 is 2.86 bits per heavy atom. The van der Waals surface area contributed by atoms with Gasteiger partial charge < -0.3 is 10.2 Å². The van der Waals surface area contributed by atoms with Crippen molar-refractivity contribution in [3.63, 3.8) is 0 Å². The molecule has 2 atom stereocenters. The second kappa shape index (κ2) is 6.04. The van der Waals surface area contributed by atoms with Crippen molar-refractivity contribution >= 4 is 11.7 Å². The highest BCUT2D eigenvalue weighted by Crippen LogP contribution is 2.38. The van der Waals surface area contributed by atoms with E-state index in [4.69, 9.17) is 0 Å². The van der Waals surface area contributed by atoms with Gasteiger partial charge in [0.25, 0.3) is 5.91 Å². The summed E-state index contributed by atoms with van der Waals surface area (Å²) in [5.41, 5.74) is 1.79. The van der Waals surface area contributed by atoms with Gasteiger partial charge in [-0.2, -0.15) is 0 Å². The van der Waals surface area contributed by atoms with E-state index in [-0.39, 0.29) is 5.91 Å². The minimum atomic E-state index is 0.193. The lowest BCUT2D eigenvalue weighted by molar-refractivity contribution is 0.0703. The molecule has 0 aromatic carbocycles. The number of likely N-dealkylation sites (tertiary alicyclic amines) is 1. The highest BCUT2D eigenvalue weighted by Gasteiger charge is 2.40. The predicted octanol–water partition coefficient (Wildman–Crippen LogP) is 3.09. The molecule has 0 radical (unpaired) electrons. The number of carbonyl (C=O) groups excluding carboxylic acids is 1. The van der Waals surface area contributed by atoms with Crippen molar-refractivity contribution < 1.29 is 4.79 Å². The maximum absolute atomic E-state index is 12.8. The van der Waals surface area contributed by atoms with Crippen LogP contribution in [0, 0.1) is 5.92 Å². The Kier molecular flexibility index (Phi) is 4.13. The van der Waals surface area contributed by atoms with Crippen LogP contribution in [0.3, 0.4) is 0 Å². The summed E-state index contributed by atoms with van der Waals surface area (Å²) >= 11 is 0. The summed E-state index contributed by atoms with van der Waals surface area (Å²) in [7, 11) is 0. The predicted molar refractivity (Wildman–Crippen MR) is 84.6 cm³/mol. The van der Waals surface area contributed by atoms with Gasteiger partial charge in [0.1, 0.15) is 5.82 Å². The molecule has 114 valence electrons. The topological polar surface area (TPSA) is 45.2 Å². The van der Waals surface area contributed by atoms with Crippen LogP contribution in [0.25, 0.3) is 0 Å². The van der Waals surface area contributed by atoms with Crippen molar-refractivity contribution in [2.24, 2.45) is 5.92 Å². The fraction of sp³-hybridized carbons (Fsp3) is 0.647. The molecule has 1 aliphatic heterocycles. The third kappa shape index (κ3) is 2.89. The van der Waals surface area contributed by atoms with E-state index in [9.17, 15) is 4.79 Å². The number of pyridine rings is 1. The summed E-state index contributed by atoms with van der Waals surface area (Å²) in [5, 5.41) is 3.31. The molecule has 1 saturated carbocycles. The SMILES string of the molecule is CCCNc1cc(C(=O)N2CC3CCC2C3)cc(CC)n1. The number of anilines is 1. The number of nitrogens with zero attached hydrogens (tertiary/aromatic N) is 2. The molecule has 1 N–H and O–H groups in total. The van der Waals surface area contributed by atoms with E-state index in [1.54, 1.807) is 0 Å². The van der Waals surface area contributed by atoms with Gasteiger partial charge in [0, 0.05) is 30.4 Å². The van der Waals surface area contributed by atoms with Gasteiger partial charge >= 0.3 is 0 Å². The zero-order valence-corrected chi connectivity index (χ0v) is 13.1. The summed E-state index contributed by atoms with van der Waals surface area (Å²) in [4.78, 5) is 19.5. The molecule has 2 heterocycles. The molecule has 1 aromatic rings. The van der Waals surface area contributed by atoms with Gasteiger partial charge in [-0.1, -0.05) is 13.8 Å². The third-order valence-electron chi connectivity index (χ3n) is 4.71. The normalized spacial score (nSPS) is 23.6. The van der Waals surface area contributed by atoms with Crippen LogP contribution in [-0.2, 0) is 6.42 Å². The van der Waals surface area contributed by atoms with Crippen LogP contribution < -0.4 is 5.32 Å². The number of carbonyl (C=O) groups is 1. The Morgan fingerprint density at radius 1 is 1.38 bits per heavy atom. The summed E-state index contributed by atoms with van der Waals surface area (Å²) in [6.45, 7) is 6.05. The molecule has 21 heavy (non-hydrogen) atoms. The van der Waals surface area contributed by atoms with E-state index in [1.807, 2.05) is 12.1 Å². The largest absolute Gasteiger partial charge is 0.370 e. The summed E-state index contributed by atoms with van der Waals surface area (Å²) < 4.78 is 0. The molecule has 1 amide bonds. The van der Waals surface area contributed by atoms with Gasteiger partial charge in [-0.25, -0.2) is 4.98 Å². The maximum atomic E-state index is 12.8. The van der Waals surface area contributed by atoms with E-state index >= 15 is 0 Å². The number of nitrogens with one attached hydrogen (secondary N) is 1. The minimum Gasteiger partial charge on any atom is -0.370 e.